The molecule has 6 heteroatoms. The summed E-state index contributed by atoms with van der Waals surface area (Å²) in [6.07, 6.45) is 4.30. The van der Waals surface area contributed by atoms with Gasteiger partial charge in [0.25, 0.3) is 0 Å². The van der Waals surface area contributed by atoms with Gasteiger partial charge >= 0.3 is 0 Å². The molecular weight excluding hydrogens is 443 g/mol. The maximum atomic E-state index is 4.66. The molecule has 0 aliphatic heterocycles. The van der Waals surface area contributed by atoms with Crippen molar-refractivity contribution in [1.29, 1.82) is 0 Å². The van der Waals surface area contributed by atoms with Gasteiger partial charge in [-0.3, -0.25) is 4.99 Å². The van der Waals surface area contributed by atoms with Crippen LogP contribution in [-0.2, 0) is 12.8 Å². The molecule has 0 fully saturated rings. The average Bonchev–Trinajstić information content (AvgIpc) is 3.01. The van der Waals surface area contributed by atoms with Gasteiger partial charge < -0.3 is 10.6 Å². The van der Waals surface area contributed by atoms with Gasteiger partial charge in [-0.25, -0.2) is 4.98 Å². The molecule has 0 aliphatic rings. The number of hydrogen-bond acceptors (Lipinski definition) is 3. The Hall–Kier alpha value is -1.15. The van der Waals surface area contributed by atoms with E-state index in [0.29, 0.717) is 0 Å². The Bertz CT molecular complexity index is 613. The van der Waals surface area contributed by atoms with Gasteiger partial charge in [0.15, 0.2) is 5.96 Å². The molecule has 1 aromatic heterocycles. The smallest absolute Gasteiger partial charge is 0.191 e. The van der Waals surface area contributed by atoms with Crippen molar-refractivity contribution in [2.24, 2.45) is 4.99 Å². The highest BCUT2D eigenvalue weighted by molar-refractivity contribution is 14.0. The number of unbranched alkanes of at least 4 members (excludes halogenated alkanes) is 1. The summed E-state index contributed by atoms with van der Waals surface area (Å²) in [6, 6.07) is 10.5. The van der Waals surface area contributed by atoms with E-state index in [1.54, 1.807) is 11.3 Å². The van der Waals surface area contributed by atoms with Crippen LogP contribution in [0, 0.1) is 6.92 Å². The van der Waals surface area contributed by atoms with Crippen LogP contribution in [0.1, 0.15) is 36.0 Å². The molecule has 2 rings (SSSR count). The van der Waals surface area contributed by atoms with Crippen molar-refractivity contribution >= 4 is 41.3 Å². The number of halogens is 1. The lowest BCUT2D eigenvalue weighted by Crippen LogP contribution is -2.38. The van der Waals surface area contributed by atoms with Crippen LogP contribution in [0.2, 0.25) is 0 Å². The maximum absolute atomic E-state index is 4.66. The predicted molar refractivity (Wildman–Crippen MR) is 119 cm³/mol. The molecule has 0 amide bonds. The van der Waals surface area contributed by atoms with Crippen LogP contribution in [0.3, 0.4) is 0 Å². The quantitative estimate of drug-likeness (QED) is 0.249. The summed E-state index contributed by atoms with van der Waals surface area (Å²) in [5.41, 5.74) is 2.48. The second-order valence-corrected chi connectivity index (χ2v) is 6.71. The SMILES string of the molecule is CCNC(=NCCCCc1nc(C)cs1)NCCc1ccccc1.I. The molecule has 138 valence electrons. The van der Waals surface area contributed by atoms with Gasteiger partial charge in [-0.1, -0.05) is 30.3 Å². The van der Waals surface area contributed by atoms with E-state index in [2.05, 4.69) is 63.2 Å². The fourth-order valence-corrected chi connectivity index (χ4v) is 3.23. The molecule has 0 aliphatic carbocycles. The first-order valence-corrected chi connectivity index (χ1v) is 9.63. The fraction of sp³-hybridized carbons (Fsp3) is 0.474. The normalized spacial score (nSPS) is 11.0. The van der Waals surface area contributed by atoms with Crippen molar-refractivity contribution in [1.82, 2.24) is 15.6 Å². The summed E-state index contributed by atoms with van der Waals surface area (Å²) in [5.74, 6) is 0.915. The number of nitrogens with zero attached hydrogens (tertiary/aromatic N) is 2. The molecule has 0 bridgehead atoms. The topological polar surface area (TPSA) is 49.3 Å². The lowest BCUT2D eigenvalue weighted by molar-refractivity contribution is 0.727. The van der Waals surface area contributed by atoms with Crippen molar-refractivity contribution in [3.8, 4) is 0 Å². The van der Waals surface area contributed by atoms with Crippen LogP contribution in [0.15, 0.2) is 40.7 Å². The summed E-state index contributed by atoms with van der Waals surface area (Å²) >= 11 is 1.76. The Balaban J connectivity index is 0.00000312. The molecule has 1 aromatic carbocycles. The van der Waals surface area contributed by atoms with Crippen LogP contribution in [0.5, 0.6) is 0 Å². The van der Waals surface area contributed by atoms with Crippen LogP contribution in [0.25, 0.3) is 0 Å². The second kappa shape index (κ2) is 13.1. The number of nitrogens with one attached hydrogen (secondary N) is 2. The number of rotatable bonds is 9. The Morgan fingerprint density at radius 3 is 2.60 bits per heavy atom. The molecular formula is C19H29IN4S. The lowest BCUT2D eigenvalue weighted by Gasteiger charge is -2.11. The zero-order valence-corrected chi connectivity index (χ0v) is 18.3. The standard InChI is InChI=1S/C19H28N4S.HI/c1-3-20-19(22-14-12-17-9-5-4-6-10-17)21-13-8-7-11-18-23-16(2)15-24-18;/h4-6,9-10,15H,3,7-8,11-14H2,1-2H3,(H2,20,21,22);1H. The third kappa shape index (κ3) is 9.21. The van der Waals surface area contributed by atoms with Gasteiger partial charge in [0, 0.05) is 30.7 Å². The zero-order valence-electron chi connectivity index (χ0n) is 15.1. The van der Waals surface area contributed by atoms with Crippen molar-refractivity contribution in [3.63, 3.8) is 0 Å². The summed E-state index contributed by atoms with van der Waals surface area (Å²) in [7, 11) is 0. The van der Waals surface area contributed by atoms with Crippen LogP contribution >= 0.6 is 35.3 Å². The molecule has 0 radical (unpaired) electrons. The van der Waals surface area contributed by atoms with Gasteiger partial charge in [-0.15, -0.1) is 35.3 Å². The van der Waals surface area contributed by atoms with Crippen LogP contribution in [-0.4, -0.2) is 30.6 Å². The van der Waals surface area contributed by atoms with E-state index in [-0.39, 0.29) is 24.0 Å². The monoisotopic (exact) mass is 472 g/mol. The number of aromatic nitrogens is 1. The Morgan fingerprint density at radius 2 is 1.92 bits per heavy atom. The first-order chi connectivity index (χ1) is 11.8. The fourth-order valence-electron chi connectivity index (χ4n) is 2.41. The third-order valence-corrected chi connectivity index (χ3v) is 4.65. The van der Waals surface area contributed by atoms with E-state index < -0.39 is 0 Å². The minimum absolute atomic E-state index is 0. The molecule has 4 nitrogen and oxygen atoms in total. The van der Waals surface area contributed by atoms with Gasteiger partial charge in [-0.05, 0) is 45.1 Å². The van der Waals surface area contributed by atoms with Crippen molar-refractivity contribution in [2.45, 2.75) is 39.5 Å². The highest BCUT2D eigenvalue weighted by atomic mass is 127. The molecule has 0 spiro atoms. The molecule has 0 atom stereocenters. The number of aliphatic imine (C=N–C) groups is 1. The van der Waals surface area contributed by atoms with Crippen molar-refractivity contribution in [3.05, 3.63) is 52.0 Å². The Labute approximate surface area is 172 Å². The number of benzene rings is 1. The largest absolute Gasteiger partial charge is 0.357 e. The highest BCUT2D eigenvalue weighted by Crippen LogP contribution is 2.11. The van der Waals surface area contributed by atoms with E-state index in [9.17, 15) is 0 Å². The molecule has 2 aromatic rings. The van der Waals surface area contributed by atoms with E-state index in [1.807, 2.05) is 6.92 Å². The van der Waals surface area contributed by atoms with E-state index in [1.165, 1.54) is 10.6 Å². The third-order valence-electron chi connectivity index (χ3n) is 3.63. The zero-order chi connectivity index (χ0) is 17.0. The molecule has 2 N–H and O–H groups in total. The van der Waals surface area contributed by atoms with Gasteiger partial charge in [0.2, 0.25) is 0 Å². The van der Waals surface area contributed by atoms with Crippen molar-refractivity contribution in [2.75, 3.05) is 19.6 Å². The number of hydrogen-bond donors (Lipinski definition) is 2. The second-order valence-electron chi connectivity index (χ2n) is 5.76. The predicted octanol–water partition coefficient (Wildman–Crippen LogP) is 4.19. The van der Waals surface area contributed by atoms with E-state index in [0.717, 1.165) is 57.0 Å². The molecule has 25 heavy (non-hydrogen) atoms. The summed E-state index contributed by atoms with van der Waals surface area (Å²) in [6.45, 7) is 6.78. The van der Waals surface area contributed by atoms with Gasteiger partial charge in [0.1, 0.15) is 0 Å². The molecule has 0 saturated heterocycles. The summed E-state index contributed by atoms with van der Waals surface area (Å²) in [4.78, 5) is 9.16. The van der Waals surface area contributed by atoms with E-state index >= 15 is 0 Å². The van der Waals surface area contributed by atoms with E-state index in [4.69, 9.17) is 0 Å². The highest BCUT2D eigenvalue weighted by Gasteiger charge is 2.00. The minimum atomic E-state index is 0. The number of guanidine groups is 1. The molecule has 0 saturated carbocycles. The molecule has 0 unspecified atom stereocenters. The van der Waals surface area contributed by atoms with Gasteiger partial charge in [0.05, 0.1) is 5.01 Å². The van der Waals surface area contributed by atoms with Crippen LogP contribution < -0.4 is 10.6 Å². The number of thiazole rings is 1. The average molecular weight is 472 g/mol. The molecule has 1 heterocycles. The van der Waals surface area contributed by atoms with Crippen LogP contribution in [0.4, 0.5) is 0 Å². The number of aryl methyl sites for hydroxylation is 2. The first-order valence-electron chi connectivity index (χ1n) is 8.75. The lowest BCUT2D eigenvalue weighted by atomic mass is 10.1. The van der Waals surface area contributed by atoms with Gasteiger partial charge in [-0.2, -0.15) is 0 Å². The summed E-state index contributed by atoms with van der Waals surface area (Å²) < 4.78 is 0. The Morgan fingerprint density at radius 1 is 1.12 bits per heavy atom. The maximum Gasteiger partial charge on any atom is 0.191 e. The first kappa shape index (κ1) is 21.9. The van der Waals surface area contributed by atoms with Crippen molar-refractivity contribution < 1.29 is 0 Å². The summed E-state index contributed by atoms with van der Waals surface area (Å²) in [5, 5.41) is 10.1. The Kier molecular flexibility index (Phi) is 11.5. The minimum Gasteiger partial charge on any atom is -0.357 e.